The Morgan fingerprint density at radius 3 is 2.73 bits per heavy atom. The van der Waals surface area contributed by atoms with Gasteiger partial charge in [-0.2, -0.15) is 0 Å². The smallest absolute Gasteiger partial charge is 0.184 e. The third kappa shape index (κ3) is 2.27. The molecule has 0 aromatic carbocycles. The first-order chi connectivity index (χ1) is 7.12. The van der Waals surface area contributed by atoms with Crippen molar-refractivity contribution in [1.29, 1.82) is 0 Å². The average Bonchev–Trinajstić information content (AvgIpc) is 2.49. The van der Waals surface area contributed by atoms with Gasteiger partial charge in [0.2, 0.25) is 0 Å². The highest BCUT2D eigenvalue weighted by atomic mass is 35.5. The van der Waals surface area contributed by atoms with Crippen molar-refractivity contribution in [3.05, 3.63) is 10.5 Å². The molecule has 84 valence electrons. The van der Waals surface area contributed by atoms with Crippen LogP contribution in [0.3, 0.4) is 0 Å². The molecule has 15 heavy (non-hydrogen) atoms. The van der Waals surface area contributed by atoms with Crippen LogP contribution in [0.1, 0.15) is 19.3 Å². The van der Waals surface area contributed by atoms with Crippen LogP contribution in [-0.4, -0.2) is 36.1 Å². The van der Waals surface area contributed by atoms with Crippen molar-refractivity contribution in [1.82, 2.24) is 9.88 Å². The van der Waals surface area contributed by atoms with Crippen molar-refractivity contribution in [2.24, 2.45) is 0 Å². The molecule has 1 saturated carbocycles. The molecule has 2 rings (SSSR count). The minimum Gasteiger partial charge on any atom is -0.360 e. The summed E-state index contributed by atoms with van der Waals surface area (Å²) in [5.74, 6) is 0. The molecule has 0 atom stereocenters. The molecule has 1 aromatic heterocycles. The molecule has 0 saturated heterocycles. The number of thiazole rings is 1. The number of halogens is 1. The van der Waals surface area contributed by atoms with Crippen LogP contribution in [0.15, 0.2) is 5.38 Å². The highest BCUT2D eigenvalue weighted by Crippen LogP contribution is 2.36. The summed E-state index contributed by atoms with van der Waals surface area (Å²) in [7, 11) is 4.30. The van der Waals surface area contributed by atoms with E-state index in [1.807, 2.05) is 5.38 Å². The second kappa shape index (κ2) is 4.28. The second-order valence-electron chi connectivity index (χ2n) is 4.30. The van der Waals surface area contributed by atoms with E-state index in [-0.39, 0.29) is 0 Å². The number of rotatable bonds is 4. The van der Waals surface area contributed by atoms with Crippen molar-refractivity contribution in [2.75, 3.05) is 26.0 Å². The van der Waals surface area contributed by atoms with E-state index in [2.05, 4.69) is 29.3 Å². The molecule has 1 N–H and O–H groups in total. The fraction of sp³-hybridized carbons (Fsp3) is 0.700. The van der Waals surface area contributed by atoms with Crippen molar-refractivity contribution >= 4 is 28.1 Å². The number of nitrogens with one attached hydrogen (secondary N) is 1. The summed E-state index contributed by atoms with van der Waals surface area (Å²) in [4.78, 5) is 6.50. The summed E-state index contributed by atoms with van der Waals surface area (Å²) in [5.41, 5.74) is 0.331. The van der Waals surface area contributed by atoms with Crippen molar-refractivity contribution in [3.63, 3.8) is 0 Å². The van der Waals surface area contributed by atoms with Gasteiger partial charge in [-0.3, -0.25) is 0 Å². The number of aromatic nitrogens is 1. The van der Waals surface area contributed by atoms with Gasteiger partial charge in [-0.15, -0.1) is 11.3 Å². The largest absolute Gasteiger partial charge is 0.360 e. The summed E-state index contributed by atoms with van der Waals surface area (Å²) in [6.07, 6.45) is 3.87. The normalized spacial score (nSPS) is 18.9. The van der Waals surface area contributed by atoms with Gasteiger partial charge in [0.1, 0.15) is 5.15 Å². The molecule has 5 heteroatoms. The number of likely N-dealkylation sites (N-methyl/N-ethyl adjacent to an activating group) is 1. The van der Waals surface area contributed by atoms with Crippen LogP contribution in [0.25, 0.3) is 0 Å². The van der Waals surface area contributed by atoms with Crippen molar-refractivity contribution in [2.45, 2.75) is 24.8 Å². The quantitative estimate of drug-likeness (QED) is 0.884. The zero-order valence-electron chi connectivity index (χ0n) is 9.09. The summed E-state index contributed by atoms with van der Waals surface area (Å²) in [6.45, 7) is 0.962. The molecule has 0 spiro atoms. The minimum atomic E-state index is 0.331. The van der Waals surface area contributed by atoms with Crippen molar-refractivity contribution in [3.8, 4) is 0 Å². The van der Waals surface area contributed by atoms with Gasteiger partial charge >= 0.3 is 0 Å². The molecular formula is C10H16ClN3S. The lowest BCUT2D eigenvalue weighted by Crippen LogP contribution is -2.54. The van der Waals surface area contributed by atoms with E-state index in [0.29, 0.717) is 10.7 Å². The Morgan fingerprint density at radius 2 is 2.33 bits per heavy atom. The number of hydrogen-bond donors (Lipinski definition) is 1. The van der Waals surface area contributed by atoms with Crippen LogP contribution in [0.2, 0.25) is 5.15 Å². The first-order valence-corrected chi connectivity index (χ1v) is 6.40. The van der Waals surface area contributed by atoms with Gasteiger partial charge in [-0.25, -0.2) is 4.98 Å². The van der Waals surface area contributed by atoms with Gasteiger partial charge in [0.25, 0.3) is 0 Å². The standard InChI is InChI=1S/C10H16ClN3S/c1-14(2)10(4-3-5-10)7-12-9-13-8(11)6-15-9/h6H,3-5,7H2,1-2H3,(H,12,13). The van der Waals surface area contributed by atoms with E-state index in [1.165, 1.54) is 19.3 Å². The molecule has 0 radical (unpaired) electrons. The molecule has 1 heterocycles. The van der Waals surface area contributed by atoms with Gasteiger partial charge in [0.15, 0.2) is 5.13 Å². The maximum Gasteiger partial charge on any atom is 0.184 e. The van der Waals surface area contributed by atoms with Gasteiger partial charge < -0.3 is 10.2 Å². The lowest BCUT2D eigenvalue weighted by molar-refractivity contribution is 0.0739. The van der Waals surface area contributed by atoms with Gasteiger partial charge in [-0.05, 0) is 33.4 Å². The van der Waals surface area contributed by atoms with Gasteiger partial charge in [0, 0.05) is 17.5 Å². The summed E-state index contributed by atoms with van der Waals surface area (Å²) in [6, 6.07) is 0. The van der Waals surface area contributed by atoms with Gasteiger partial charge in [0.05, 0.1) is 0 Å². The van der Waals surface area contributed by atoms with E-state index in [4.69, 9.17) is 11.6 Å². The van der Waals surface area contributed by atoms with E-state index in [1.54, 1.807) is 11.3 Å². The molecule has 1 aliphatic carbocycles. The average molecular weight is 246 g/mol. The Bertz CT molecular complexity index is 333. The van der Waals surface area contributed by atoms with Crippen LogP contribution < -0.4 is 5.32 Å². The monoisotopic (exact) mass is 245 g/mol. The summed E-state index contributed by atoms with van der Waals surface area (Å²) < 4.78 is 0. The summed E-state index contributed by atoms with van der Waals surface area (Å²) in [5, 5.41) is 6.73. The Labute approximate surface area is 99.5 Å². The zero-order chi connectivity index (χ0) is 10.9. The molecule has 0 bridgehead atoms. The second-order valence-corrected chi connectivity index (χ2v) is 5.55. The molecule has 1 aromatic rings. The van der Waals surface area contributed by atoms with Crippen LogP contribution >= 0.6 is 22.9 Å². The minimum absolute atomic E-state index is 0.331. The SMILES string of the molecule is CN(C)C1(CNc2nc(Cl)cs2)CCC1. The first kappa shape index (κ1) is 11.2. The number of anilines is 1. The first-order valence-electron chi connectivity index (χ1n) is 5.15. The Hall–Kier alpha value is -0.320. The molecule has 0 aliphatic heterocycles. The topological polar surface area (TPSA) is 28.2 Å². The highest BCUT2D eigenvalue weighted by molar-refractivity contribution is 7.14. The van der Waals surface area contributed by atoms with Crippen molar-refractivity contribution < 1.29 is 0 Å². The predicted octanol–water partition coefficient (Wildman–Crippen LogP) is 2.69. The fourth-order valence-electron chi connectivity index (χ4n) is 1.94. The maximum atomic E-state index is 5.77. The molecule has 1 aliphatic rings. The number of hydrogen-bond acceptors (Lipinski definition) is 4. The Balaban J connectivity index is 1.92. The lowest BCUT2D eigenvalue weighted by atomic mass is 9.75. The van der Waals surface area contributed by atoms with E-state index >= 15 is 0 Å². The van der Waals surface area contributed by atoms with Crippen LogP contribution in [-0.2, 0) is 0 Å². The maximum absolute atomic E-state index is 5.77. The summed E-state index contributed by atoms with van der Waals surface area (Å²) >= 11 is 7.33. The number of nitrogens with zero attached hydrogens (tertiary/aromatic N) is 2. The Morgan fingerprint density at radius 1 is 1.60 bits per heavy atom. The predicted molar refractivity (Wildman–Crippen MR) is 65.9 cm³/mol. The molecule has 3 nitrogen and oxygen atoms in total. The third-order valence-corrected chi connectivity index (χ3v) is 4.40. The highest BCUT2D eigenvalue weighted by Gasteiger charge is 2.38. The van der Waals surface area contributed by atoms with Crippen LogP contribution in [0.5, 0.6) is 0 Å². The van der Waals surface area contributed by atoms with E-state index < -0.39 is 0 Å². The lowest BCUT2D eigenvalue weighted by Gasteiger charge is -2.47. The van der Waals surface area contributed by atoms with E-state index in [0.717, 1.165) is 11.7 Å². The van der Waals surface area contributed by atoms with Crippen LogP contribution in [0.4, 0.5) is 5.13 Å². The van der Waals surface area contributed by atoms with Gasteiger partial charge in [-0.1, -0.05) is 11.6 Å². The molecular weight excluding hydrogens is 230 g/mol. The molecule has 1 fully saturated rings. The van der Waals surface area contributed by atoms with Crippen LogP contribution in [0, 0.1) is 0 Å². The zero-order valence-corrected chi connectivity index (χ0v) is 10.7. The van der Waals surface area contributed by atoms with E-state index in [9.17, 15) is 0 Å². The molecule has 0 unspecified atom stereocenters. The Kier molecular flexibility index (Phi) is 3.19. The third-order valence-electron chi connectivity index (χ3n) is 3.28. The fourth-order valence-corrected chi connectivity index (χ4v) is 2.78. The molecule has 0 amide bonds.